The van der Waals surface area contributed by atoms with E-state index in [2.05, 4.69) is 10.1 Å². The van der Waals surface area contributed by atoms with Crippen LogP contribution in [0.4, 0.5) is 0 Å². The number of nitrogens with zero attached hydrogens (tertiary/aromatic N) is 4. The molecule has 1 fully saturated rings. The number of pyridine rings is 1. The van der Waals surface area contributed by atoms with Gasteiger partial charge >= 0.3 is 0 Å². The van der Waals surface area contributed by atoms with E-state index in [0.717, 1.165) is 16.7 Å². The Hall–Kier alpha value is -3.45. The van der Waals surface area contributed by atoms with Crippen LogP contribution in [0.5, 0.6) is 0 Å². The summed E-state index contributed by atoms with van der Waals surface area (Å²) in [6.45, 7) is 1.06. The monoisotopic (exact) mass is 419 g/mol. The van der Waals surface area contributed by atoms with E-state index in [1.807, 2.05) is 24.3 Å². The van der Waals surface area contributed by atoms with Crippen LogP contribution in [0, 0.1) is 0 Å². The molecule has 150 valence electrons. The smallest absolute Gasteiger partial charge is 0.272 e. The van der Waals surface area contributed by atoms with Crippen LogP contribution in [0.1, 0.15) is 23.6 Å². The highest BCUT2D eigenvalue weighted by Gasteiger charge is 2.32. The number of nitrogens with one attached hydrogen (secondary N) is 1. The van der Waals surface area contributed by atoms with Gasteiger partial charge in [0, 0.05) is 60.7 Å². The number of fused-ring (bicyclic) bond motifs is 1. The van der Waals surface area contributed by atoms with Gasteiger partial charge in [0.2, 0.25) is 5.91 Å². The molecule has 0 spiro atoms. The molecule has 0 aliphatic carbocycles. The fraction of sp³-hybridized carbons (Fsp3) is 0.182. The third-order valence-electron chi connectivity index (χ3n) is 5.43. The van der Waals surface area contributed by atoms with E-state index in [9.17, 15) is 9.59 Å². The number of rotatable bonds is 4. The van der Waals surface area contributed by atoms with Crippen molar-refractivity contribution < 1.29 is 4.79 Å². The SMILES string of the molecule is O=C1C[C@H](c2cc(=O)n3[nH]cc(-c4ccc(Cl)cc4)c3n2)CN1Cc1ccncc1. The highest BCUT2D eigenvalue weighted by atomic mass is 35.5. The molecule has 3 aromatic heterocycles. The first-order chi connectivity index (χ1) is 14.6. The molecule has 1 N–H and O–H groups in total. The molecule has 0 saturated carbocycles. The van der Waals surface area contributed by atoms with Crippen LogP contribution in [-0.2, 0) is 11.3 Å². The summed E-state index contributed by atoms with van der Waals surface area (Å²) in [5, 5.41) is 3.60. The molecule has 0 bridgehead atoms. The molecular weight excluding hydrogens is 402 g/mol. The number of halogens is 1. The van der Waals surface area contributed by atoms with Crippen molar-refractivity contribution in [2.24, 2.45) is 0 Å². The van der Waals surface area contributed by atoms with Crippen molar-refractivity contribution >= 4 is 23.2 Å². The lowest BCUT2D eigenvalue weighted by molar-refractivity contribution is -0.128. The summed E-state index contributed by atoms with van der Waals surface area (Å²) in [6, 6.07) is 12.7. The van der Waals surface area contributed by atoms with Gasteiger partial charge in [0.15, 0.2) is 5.65 Å². The minimum absolute atomic E-state index is 0.0609. The molecule has 0 unspecified atom stereocenters. The number of benzene rings is 1. The van der Waals surface area contributed by atoms with Gasteiger partial charge in [-0.1, -0.05) is 23.7 Å². The van der Waals surface area contributed by atoms with Crippen LogP contribution < -0.4 is 5.56 Å². The number of H-pyrrole nitrogens is 1. The number of amides is 1. The number of hydrogen-bond acceptors (Lipinski definition) is 4. The van der Waals surface area contributed by atoms with E-state index in [0.29, 0.717) is 35.9 Å². The summed E-state index contributed by atoms with van der Waals surface area (Å²) in [5.74, 6) is -0.0594. The number of hydrogen-bond donors (Lipinski definition) is 1. The van der Waals surface area contributed by atoms with E-state index < -0.39 is 0 Å². The Bertz CT molecular complexity index is 1280. The van der Waals surface area contributed by atoms with Gasteiger partial charge in [-0.2, -0.15) is 0 Å². The van der Waals surface area contributed by atoms with Gasteiger partial charge in [0.25, 0.3) is 5.56 Å². The molecule has 0 radical (unpaired) electrons. The molecule has 1 aliphatic heterocycles. The van der Waals surface area contributed by atoms with Gasteiger partial charge < -0.3 is 4.90 Å². The topological polar surface area (TPSA) is 83.4 Å². The first-order valence-corrected chi connectivity index (χ1v) is 10.00. The molecule has 1 saturated heterocycles. The zero-order valence-corrected chi connectivity index (χ0v) is 16.7. The molecule has 1 amide bonds. The molecular formula is C22H18ClN5O2. The maximum absolute atomic E-state index is 12.7. The Balaban J connectivity index is 1.47. The predicted octanol–water partition coefficient (Wildman–Crippen LogP) is 3.25. The second-order valence-electron chi connectivity index (χ2n) is 7.40. The number of carbonyl (C=O) groups excluding carboxylic acids is 1. The standard InChI is InChI=1S/C22H18ClN5O2/c23-17-3-1-15(2-4-17)18-11-25-28-21(30)10-19(26-22(18)28)16-9-20(29)27(13-16)12-14-5-7-24-8-6-14/h1-8,10-11,16,25H,9,12-13H2/t16-/m0/s1. The second-order valence-corrected chi connectivity index (χ2v) is 7.84. The van der Waals surface area contributed by atoms with Crippen molar-refractivity contribution in [1.29, 1.82) is 0 Å². The molecule has 1 aromatic carbocycles. The van der Waals surface area contributed by atoms with Crippen LogP contribution in [0.15, 0.2) is 65.8 Å². The Morgan fingerprint density at radius 1 is 1.10 bits per heavy atom. The van der Waals surface area contributed by atoms with Crippen LogP contribution in [0.2, 0.25) is 5.02 Å². The van der Waals surface area contributed by atoms with E-state index in [4.69, 9.17) is 16.6 Å². The summed E-state index contributed by atoms with van der Waals surface area (Å²) < 4.78 is 1.42. The first kappa shape index (κ1) is 18.6. The zero-order chi connectivity index (χ0) is 20.7. The molecule has 4 aromatic rings. The summed E-state index contributed by atoms with van der Waals surface area (Å²) >= 11 is 5.99. The van der Waals surface area contributed by atoms with Crippen LogP contribution in [0.3, 0.4) is 0 Å². The molecule has 4 heterocycles. The van der Waals surface area contributed by atoms with E-state index in [-0.39, 0.29) is 17.4 Å². The number of likely N-dealkylation sites (tertiary alicyclic amines) is 1. The zero-order valence-electron chi connectivity index (χ0n) is 16.0. The lowest BCUT2D eigenvalue weighted by Crippen LogP contribution is -2.24. The number of aromatic nitrogens is 4. The van der Waals surface area contributed by atoms with Crippen LogP contribution >= 0.6 is 11.6 Å². The third-order valence-corrected chi connectivity index (χ3v) is 5.68. The minimum Gasteiger partial charge on any atom is -0.338 e. The van der Waals surface area contributed by atoms with Gasteiger partial charge in [-0.3, -0.25) is 19.7 Å². The average Bonchev–Trinajstić information content (AvgIpc) is 3.34. The lowest BCUT2D eigenvalue weighted by atomic mass is 10.0. The number of aromatic amines is 1. The summed E-state index contributed by atoms with van der Waals surface area (Å²) in [5.41, 5.74) is 3.72. The molecule has 5 rings (SSSR count). The quantitative estimate of drug-likeness (QED) is 0.550. The van der Waals surface area contributed by atoms with Crippen molar-refractivity contribution in [1.82, 2.24) is 24.5 Å². The fourth-order valence-corrected chi connectivity index (χ4v) is 4.01. The molecule has 30 heavy (non-hydrogen) atoms. The summed E-state index contributed by atoms with van der Waals surface area (Å²) in [6.07, 6.45) is 5.53. The van der Waals surface area contributed by atoms with Crippen LogP contribution in [0.25, 0.3) is 16.8 Å². The number of carbonyl (C=O) groups is 1. The normalized spacial score (nSPS) is 16.5. The minimum atomic E-state index is -0.199. The molecule has 1 aliphatic rings. The van der Waals surface area contributed by atoms with Crippen molar-refractivity contribution in [3.63, 3.8) is 0 Å². The molecule has 1 atom stereocenters. The van der Waals surface area contributed by atoms with E-state index in [1.54, 1.807) is 35.6 Å². The van der Waals surface area contributed by atoms with Crippen molar-refractivity contribution in [3.05, 3.63) is 87.7 Å². The van der Waals surface area contributed by atoms with E-state index in [1.165, 1.54) is 10.6 Å². The van der Waals surface area contributed by atoms with Crippen molar-refractivity contribution in [2.75, 3.05) is 6.54 Å². The van der Waals surface area contributed by atoms with Gasteiger partial charge in [-0.25, -0.2) is 9.50 Å². The Labute approximate surface area is 176 Å². The second kappa shape index (κ2) is 7.42. The first-order valence-electron chi connectivity index (χ1n) is 9.62. The predicted molar refractivity (Wildman–Crippen MR) is 113 cm³/mol. The fourth-order valence-electron chi connectivity index (χ4n) is 3.88. The largest absolute Gasteiger partial charge is 0.338 e. The highest BCUT2D eigenvalue weighted by Crippen LogP contribution is 2.30. The Morgan fingerprint density at radius 3 is 2.63 bits per heavy atom. The van der Waals surface area contributed by atoms with Gasteiger partial charge in [-0.05, 0) is 35.4 Å². The summed E-state index contributed by atoms with van der Waals surface area (Å²) in [4.78, 5) is 35.8. The van der Waals surface area contributed by atoms with Crippen molar-refractivity contribution in [3.8, 4) is 11.1 Å². The maximum Gasteiger partial charge on any atom is 0.272 e. The Kier molecular flexibility index (Phi) is 4.59. The lowest BCUT2D eigenvalue weighted by Gasteiger charge is -2.16. The molecule has 7 nitrogen and oxygen atoms in total. The van der Waals surface area contributed by atoms with E-state index >= 15 is 0 Å². The highest BCUT2D eigenvalue weighted by molar-refractivity contribution is 6.30. The summed E-state index contributed by atoms with van der Waals surface area (Å²) in [7, 11) is 0. The van der Waals surface area contributed by atoms with Crippen molar-refractivity contribution in [2.45, 2.75) is 18.9 Å². The van der Waals surface area contributed by atoms with Gasteiger partial charge in [0.1, 0.15) is 0 Å². The maximum atomic E-state index is 12.7. The average molecular weight is 420 g/mol. The Morgan fingerprint density at radius 2 is 1.87 bits per heavy atom. The molecule has 8 heteroatoms. The van der Waals surface area contributed by atoms with Gasteiger partial charge in [0.05, 0.1) is 5.69 Å². The van der Waals surface area contributed by atoms with Crippen LogP contribution in [-0.4, -0.2) is 36.9 Å². The third kappa shape index (κ3) is 3.37. The van der Waals surface area contributed by atoms with Gasteiger partial charge in [-0.15, -0.1) is 0 Å².